The molecule has 0 fully saturated rings. The Balaban J connectivity index is 2.02. The number of aryl methyl sites for hydroxylation is 1. The van der Waals surface area contributed by atoms with E-state index < -0.39 is 4.92 Å². The maximum absolute atomic E-state index is 12.8. The lowest BCUT2D eigenvalue weighted by atomic mass is 10.0. The van der Waals surface area contributed by atoms with Gasteiger partial charge in [-0.25, -0.2) is 0 Å². The zero-order valence-corrected chi connectivity index (χ0v) is 12.4. The molecule has 2 aromatic carbocycles. The normalized spacial score (nSPS) is 13.6. The molecule has 2 aromatic rings. The van der Waals surface area contributed by atoms with Crippen molar-refractivity contribution < 1.29 is 9.72 Å². The highest BCUT2D eigenvalue weighted by Gasteiger charge is 2.26. The summed E-state index contributed by atoms with van der Waals surface area (Å²) in [6, 6.07) is 11.6. The Hall–Kier alpha value is -2.40. The van der Waals surface area contributed by atoms with Crippen LogP contribution in [0.25, 0.3) is 0 Å². The number of nitro groups is 1. The summed E-state index contributed by atoms with van der Waals surface area (Å²) < 4.78 is 0. The van der Waals surface area contributed by atoms with Crippen molar-refractivity contribution in [2.75, 3.05) is 11.4 Å². The molecule has 112 valence electrons. The van der Waals surface area contributed by atoms with Crippen LogP contribution >= 0.6 is 11.6 Å². The van der Waals surface area contributed by atoms with E-state index in [9.17, 15) is 14.9 Å². The first-order chi connectivity index (χ1) is 10.6. The Bertz CT molecular complexity index is 761. The van der Waals surface area contributed by atoms with Gasteiger partial charge < -0.3 is 4.90 Å². The van der Waals surface area contributed by atoms with Crippen molar-refractivity contribution in [3.63, 3.8) is 0 Å². The second kappa shape index (κ2) is 5.77. The number of para-hydroxylation sites is 1. The molecule has 0 radical (unpaired) electrons. The van der Waals surface area contributed by atoms with Crippen molar-refractivity contribution in [3.8, 4) is 0 Å². The van der Waals surface area contributed by atoms with Crippen molar-refractivity contribution in [2.45, 2.75) is 12.8 Å². The summed E-state index contributed by atoms with van der Waals surface area (Å²) in [5.74, 6) is -0.305. The summed E-state index contributed by atoms with van der Waals surface area (Å²) in [4.78, 5) is 24.8. The van der Waals surface area contributed by atoms with Crippen molar-refractivity contribution in [2.24, 2.45) is 0 Å². The molecule has 0 saturated heterocycles. The SMILES string of the molecule is O=C(c1cc([N+](=O)[O-])ccc1Cl)N1CCCc2ccccc21. The van der Waals surface area contributed by atoms with Crippen LogP contribution in [0.4, 0.5) is 11.4 Å². The molecular formula is C16H13ClN2O3. The molecule has 0 N–H and O–H groups in total. The van der Waals surface area contributed by atoms with Crippen molar-refractivity contribution in [3.05, 3.63) is 68.7 Å². The monoisotopic (exact) mass is 316 g/mol. The van der Waals surface area contributed by atoms with E-state index in [2.05, 4.69) is 0 Å². The van der Waals surface area contributed by atoms with E-state index in [0.717, 1.165) is 24.1 Å². The maximum Gasteiger partial charge on any atom is 0.270 e. The number of amides is 1. The first-order valence-electron chi connectivity index (χ1n) is 6.91. The number of carbonyl (C=O) groups excluding carboxylic acids is 1. The number of hydrogen-bond donors (Lipinski definition) is 0. The summed E-state index contributed by atoms with van der Waals surface area (Å²) in [5.41, 5.74) is 1.97. The number of non-ortho nitro benzene ring substituents is 1. The average molecular weight is 317 g/mol. The third-order valence-electron chi connectivity index (χ3n) is 3.75. The predicted molar refractivity (Wildman–Crippen MR) is 84.5 cm³/mol. The van der Waals surface area contributed by atoms with Crippen molar-refractivity contribution in [1.82, 2.24) is 0 Å². The Morgan fingerprint density at radius 3 is 2.77 bits per heavy atom. The summed E-state index contributed by atoms with van der Waals surface area (Å²) in [6.07, 6.45) is 1.78. The Morgan fingerprint density at radius 2 is 2.00 bits per heavy atom. The van der Waals surface area contributed by atoms with Crippen molar-refractivity contribution in [1.29, 1.82) is 0 Å². The molecule has 1 aliphatic heterocycles. The molecule has 6 heteroatoms. The zero-order valence-electron chi connectivity index (χ0n) is 11.7. The summed E-state index contributed by atoms with van der Waals surface area (Å²) in [6.45, 7) is 0.578. The van der Waals surface area contributed by atoms with Crippen LogP contribution in [0.15, 0.2) is 42.5 Å². The van der Waals surface area contributed by atoms with Gasteiger partial charge in [0.25, 0.3) is 11.6 Å². The lowest BCUT2D eigenvalue weighted by Crippen LogP contribution is -2.35. The minimum atomic E-state index is -0.530. The lowest BCUT2D eigenvalue weighted by Gasteiger charge is -2.29. The molecule has 1 aliphatic rings. The molecule has 0 spiro atoms. The highest BCUT2D eigenvalue weighted by atomic mass is 35.5. The number of fused-ring (bicyclic) bond motifs is 1. The van der Waals surface area contributed by atoms with Gasteiger partial charge in [0.15, 0.2) is 0 Å². The van der Waals surface area contributed by atoms with Crippen LogP contribution in [0.2, 0.25) is 5.02 Å². The largest absolute Gasteiger partial charge is 0.308 e. The summed E-state index contributed by atoms with van der Waals surface area (Å²) >= 11 is 6.07. The van der Waals surface area contributed by atoms with Gasteiger partial charge in [-0.05, 0) is 30.5 Å². The van der Waals surface area contributed by atoms with E-state index in [1.165, 1.54) is 18.2 Å². The Morgan fingerprint density at radius 1 is 1.23 bits per heavy atom. The second-order valence-corrected chi connectivity index (χ2v) is 5.52. The quantitative estimate of drug-likeness (QED) is 0.624. The minimum Gasteiger partial charge on any atom is -0.308 e. The maximum atomic E-state index is 12.8. The fraction of sp³-hybridized carbons (Fsp3) is 0.188. The van der Waals surface area contributed by atoms with E-state index in [0.29, 0.717) is 6.54 Å². The van der Waals surface area contributed by atoms with Gasteiger partial charge in [-0.3, -0.25) is 14.9 Å². The second-order valence-electron chi connectivity index (χ2n) is 5.11. The van der Waals surface area contributed by atoms with Gasteiger partial charge in [0.05, 0.1) is 15.5 Å². The molecular weight excluding hydrogens is 304 g/mol. The topological polar surface area (TPSA) is 63.4 Å². The molecule has 3 rings (SSSR count). The fourth-order valence-electron chi connectivity index (χ4n) is 2.68. The van der Waals surface area contributed by atoms with Crippen LogP contribution in [0.3, 0.4) is 0 Å². The first-order valence-corrected chi connectivity index (χ1v) is 7.29. The van der Waals surface area contributed by atoms with Crippen LogP contribution in [0, 0.1) is 10.1 Å². The molecule has 1 amide bonds. The molecule has 0 bridgehead atoms. The van der Waals surface area contributed by atoms with E-state index in [1.54, 1.807) is 4.90 Å². The van der Waals surface area contributed by atoms with E-state index >= 15 is 0 Å². The number of halogens is 1. The van der Waals surface area contributed by atoms with Gasteiger partial charge >= 0.3 is 0 Å². The number of hydrogen-bond acceptors (Lipinski definition) is 3. The lowest BCUT2D eigenvalue weighted by molar-refractivity contribution is -0.384. The molecule has 0 unspecified atom stereocenters. The van der Waals surface area contributed by atoms with Crippen molar-refractivity contribution >= 4 is 28.9 Å². The third kappa shape index (κ3) is 2.55. The minimum absolute atomic E-state index is 0.141. The summed E-state index contributed by atoms with van der Waals surface area (Å²) in [7, 11) is 0. The average Bonchev–Trinajstić information content (AvgIpc) is 2.54. The number of carbonyl (C=O) groups is 1. The Labute approximate surface area is 132 Å². The van der Waals surface area contributed by atoms with Gasteiger partial charge in [-0.2, -0.15) is 0 Å². The predicted octanol–water partition coefficient (Wildman–Crippen LogP) is 3.84. The number of rotatable bonds is 2. The molecule has 0 atom stereocenters. The first kappa shape index (κ1) is 14.5. The van der Waals surface area contributed by atoms with Gasteiger partial charge in [0.2, 0.25) is 0 Å². The van der Waals surface area contributed by atoms with E-state index in [-0.39, 0.29) is 22.2 Å². The van der Waals surface area contributed by atoms with Crippen LogP contribution < -0.4 is 4.90 Å². The number of anilines is 1. The van der Waals surface area contributed by atoms with E-state index in [4.69, 9.17) is 11.6 Å². The van der Waals surface area contributed by atoms with Crippen LogP contribution in [-0.2, 0) is 6.42 Å². The molecule has 1 heterocycles. The molecule has 0 aromatic heterocycles. The smallest absolute Gasteiger partial charge is 0.270 e. The van der Waals surface area contributed by atoms with Crippen LogP contribution in [0.5, 0.6) is 0 Å². The van der Waals surface area contributed by atoms with Crippen LogP contribution in [0.1, 0.15) is 22.3 Å². The number of nitrogens with zero attached hydrogens (tertiary/aromatic N) is 2. The zero-order chi connectivity index (χ0) is 15.7. The molecule has 5 nitrogen and oxygen atoms in total. The van der Waals surface area contributed by atoms with E-state index in [1.807, 2.05) is 24.3 Å². The standard InChI is InChI=1S/C16H13ClN2O3/c17-14-8-7-12(19(21)22)10-13(14)16(20)18-9-3-5-11-4-1-2-6-15(11)18/h1-2,4,6-8,10H,3,5,9H2. The highest BCUT2D eigenvalue weighted by Crippen LogP contribution is 2.30. The van der Waals surface area contributed by atoms with Crippen LogP contribution in [-0.4, -0.2) is 17.4 Å². The summed E-state index contributed by atoms with van der Waals surface area (Å²) in [5, 5.41) is 11.1. The third-order valence-corrected chi connectivity index (χ3v) is 4.08. The molecule has 0 aliphatic carbocycles. The van der Waals surface area contributed by atoms with Gasteiger partial charge in [0.1, 0.15) is 0 Å². The fourth-order valence-corrected chi connectivity index (χ4v) is 2.88. The molecule has 22 heavy (non-hydrogen) atoms. The van der Waals surface area contributed by atoms with Gasteiger partial charge in [-0.15, -0.1) is 0 Å². The number of nitro benzene ring substituents is 1. The van der Waals surface area contributed by atoms with Gasteiger partial charge in [0, 0.05) is 24.4 Å². The Kier molecular flexibility index (Phi) is 3.81. The highest BCUT2D eigenvalue weighted by molar-refractivity contribution is 6.34. The molecule has 0 saturated carbocycles. The van der Waals surface area contributed by atoms with Gasteiger partial charge in [-0.1, -0.05) is 29.8 Å². The number of benzene rings is 2.